The lowest BCUT2D eigenvalue weighted by Crippen LogP contribution is -2.76. The molecular weight excluding hydrogens is 605 g/mol. The van der Waals surface area contributed by atoms with Gasteiger partial charge in [0.2, 0.25) is 5.79 Å². The second kappa shape index (κ2) is 12.6. The van der Waals surface area contributed by atoms with Gasteiger partial charge in [0.25, 0.3) is 16.6 Å². The molecule has 2 atom stereocenters. The lowest BCUT2D eigenvalue weighted by atomic mass is 9.88. The lowest BCUT2D eigenvalue weighted by Gasteiger charge is -2.57. The van der Waals surface area contributed by atoms with Gasteiger partial charge in [0.1, 0.15) is 6.10 Å². The van der Waals surface area contributed by atoms with Crippen molar-refractivity contribution in [3.63, 3.8) is 0 Å². The Balaban J connectivity index is 1.40. The molecule has 0 aliphatic carbocycles. The van der Waals surface area contributed by atoms with Crippen molar-refractivity contribution < 1.29 is 23.4 Å². The second-order valence-electron chi connectivity index (χ2n) is 14.8. The van der Waals surface area contributed by atoms with Gasteiger partial charge in [-0.2, -0.15) is 0 Å². The van der Waals surface area contributed by atoms with Gasteiger partial charge in [-0.1, -0.05) is 163 Å². The van der Waals surface area contributed by atoms with Gasteiger partial charge in [-0.05, 0) is 30.8 Å². The molecule has 0 unspecified atom stereocenters. The average molecular weight is 653 g/mol. The maximum Gasteiger partial charge on any atom is 0.261 e. The summed E-state index contributed by atoms with van der Waals surface area (Å²) < 4.78 is 27.8. The largest absolute Gasteiger partial charge is 0.402 e. The highest BCUT2D eigenvalue weighted by molar-refractivity contribution is 7.00. The van der Waals surface area contributed by atoms with Crippen LogP contribution in [0.3, 0.4) is 0 Å². The molecule has 5 nitrogen and oxygen atoms in total. The minimum Gasteiger partial charge on any atom is -0.402 e. The topological polar surface area (TPSA) is 57.2 Å². The van der Waals surface area contributed by atoms with Crippen molar-refractivity contribution >= 4 is 37.4 Å². The Morgan fingerprint density at radius 2 is 0.957 bits per heavy atom. The van der Waals surface area contributed by atoms with Crippen molar-refractivity contribution in [2.24, 2.45) is 5.92 Å². The van der Waals surface area contributed by atoms with E-state index in [2.05, 4.69) is 139 Å². The van der Waals surface area contributed by atoms with Crippen LogP contribution in [0.2, 0.25) is 10.1 Å². The molecule has 3 fully saturated rings. The summed E-state index contributed by atoms with van der Waals surface area (Å²) in [6.45, 7) is 14.5. The zero-order valence-corrected chi connectivity index (χ0v) is 30.0. The van der Waals surface area contributed by atoms with Crippen LogP contribution in [0.4, 0.5) is 0 Å². The van der Waals surface area contributed by atoms with Crippen molar-refractivity contribution in [2.75, 3.05) is 19.8 Å². The molecule has 7 rings (SSSR count). The molecule has 0 saturated carbocycles. The number of aliphatic hydroxyl groups excluding tert-OH is 1. The fourth-order valence-corrected chi connectivity index (χ4v) is 17.0. The summed E-state index contributed by atoms with van der Waals surface area (Å²) in [5, 5.41) is 16.6. The summed E-state index contributed by atoms with van der Waals surface area (Å²) in [5.41, 5.74) is 0. The van der Waals surface area contributed by atoms with E-state index in [1.54, 1.807) is 0 Å². The van der Waals surface area contributed by atoms with Gasteiger partial charge in [0.15, 0.2) is 0 Å². The summed E-state index contributed by atoms with van der Waals surface area (Å²) in [7, 11) is -5.86. The highest BCUT2D eigenvalue weighted by Crippen LogP contribution is 2.45. The number of aliphatic hydroxyl groups is 1. The van der Waals surface area contributed by atoms with Crippen LogP contribution in [0.15, 0.2) is 121 Å². The van der Waals surface area contributed by atoms with Crippen LogP contribution < -0.4 is 20.7 Å². The molecule has 0 radical (unpaired) electrons. The zero-order valence-electron chi connectivity index (χ0n) is 28.0. The van der Waals surface area contributed by atoms with Crippen molar-refractivity contribution in [1.29, 1.82) is 0 Å². The van der Waals surface area contributed by atoms with Crippen molar-refractivity contribution in [3.8, 4) is 0 Å². The van der Waals surface area contributed by atoms with Crippen LogP contribution in [0.25, 0.3) is 0 Å². The molecule has 0 spiro atoms. The van der Waals surface area contributed by atoms with Crippen molar-refractivity contribution in [3.05, 3.63) is 121 Å². The minimum atomic E-state index is -2.95. The maximum absolute atomic E-state index is 12.4. The Labute approximate surface area is 276 Å². The predicted molar refractivity (Wildman–Crippen MR) is 190 cm³/mol. The van der Waals surface area contributed by atoms with Gasteiger partial charge >= 0.3 is 0 Å². The van der Waals surface area contributed by atoms with Gasteiger partial charge < -0.3 is 23.4 Å². The van der Waals surface area contributed by atoms with Crippen LogP contribution in [0, 0.1) is 5.92 Å². The third-order valence-electron chi connectivity index (χ3n) is 9.95. The van der Waals surface area contributed by atoms with E-state index >= 15 is 0 Å². The first-order chi connectivity index (χ1) is 21.9. The van der Waals surface area contributed by atoms with E-state index in [0.717, 1.165) is 0 Å². The van der Waals surface area contributed by atoms with Crippen LogP contribution in [-0.2, 0) is 18.3 Å². The minimum absolute atomic E-state index is 0.0920. The van der Waals surface area contributed by atoms with Crippen LogP contribution in [-0.4, -0.2) is 59.6 Å². The highest BCUT2D eigenvalue weighted by Gasteiger charge is 2.62. The Hall–Kier alpha value is -2.89. The normalized spacial score (nSPS) is 23.8. The predicted octanol–water partition coefficient (Wildman–Crippen LogP) is 5.24. The number of ether oxygens (including phenoxy) is 2. The molecule has 3 aliphatic rings. The van der Waals surface area contributed by atoms with E-state index in [-0.39, 0.29) is 22.6 Å². The molecule has 2 bridgehead atoms. The molecule has 4 aromatic carbocycles. The fourth-order valence-electron chi connectivity index (χ4n) is 7.65. The van der Waals surface area contributed by atoms with E-state index in [1.165, 1.54) is 20.7 Å². The first-order valence-electron chi connectivity index (χ1n) is 16.4. The summed E-state index contributed by atoms with van der Waals surface area (Å²) in [4.78, 5) is 0. The van der Waals surface area contributed by atoms with E-state index in [4.69, 9.17) is 18.3 Å². The standard InChI is InChI=1S/C39H48O5Si2/c1-37(2,3)45(31-19-11-7-12-20-31,32-21-13-8-14-22-32)43-29-39-36(40)35(30(27-41-39)28-42-39)44-46(38(4,5)6,33-23-15-9-16-24-33)34-25-17-10-18-26-34/h7-26,30,35-36,40H,27-29H2,1-6H3/t30?,35-,36+,39?/m1/s1. The quantitative estimate of drug-likeness (QED) is 0.251. The van der Waals surface area contributed by atoms with Crippen molar-refractivity contribution in [2.45, 2.75) is 69.6 Å². The molecule has 46 heavy (non-hydrogen) atoms. The molecule has 3 heterocycles. The van der Waals surface area contributed by atoms with E-state index in [0.29, 0.717) is 13.2 Å². The molecule has 7 heteroatoms. The third-order valence-corrected chi connectivity index (χ3v) is 20.0. The first kappa shape index (κ1) is 33.0. The second-order valence-corrected chi connectivity index (χ2v) is 23.4. The first-order valence-corrected chi connectivity index (χ1v) is 20.3. The summed E-state index contributed by atoms with van der Waals surface area (Å²) >= 11 is 0. The molecule has 4 aromatic rings. The maximum atomic E-state index is 12.4. The van der Waals surface area contributed by atoms with Crippen LogP contribution in [0.5, 0.6) is 0 Å². The molecule has 1 N–H and O–H groups in total. The van der Waals surface area contributed by atoms with Crippen LogP contribution in [0.1, 0.15) is 41.5 Å². The Kier molecular flexibility index (Phi) is 9.06. The summed E-state index contributed by atoms with van der Waals surface area (Å²) in [6, 6.07) is 42.3. The monoisotopic (exact) mass is 652 g/mol. The number of benzene rings is 4. The Bertz CT molecular complexity index is 1480. The Morgan fingerprint density at radius 3 is 1.30 bits per heavy atom. The number of hydrogen-bond acceptors (Lipinski definition) is 5. The molecule has 242 valence electrons. The highest BCUT2D eigenvalue weighted by atomic mass is 28.4. The van der Waals surface area contributed by atoms with E-state index in [1.807, 2.05) is 24.3 Å². The zero-order chi connectivity index (χ0) is 32.6. The SMILES string of the molecule is CC(C)(C)[Si](OCC12OCC(CO1)[C@@H](O[Si](c1ccccc1)(c1ccccc1)C(C)(C)C)[C@@H]2O)(c1ccccc1)c1ccccc1. The van der Waals surface area contributed by atoms with Gasteiger partial charge in [-0.25, -0.2) is 0 Å². The molecule has 0 amide bonds. The molecule has 3 aliphatic heterocycles. The molecule has 0 aromatic heterocycles. The fraction of sp³-hybridized carbons (Fsp3) is 0.385. The number of rotatable bonds is 9. The third kappa shape index (κ3) is 5.56. The van der Waals surface area contributed by atoms with E-state index in [9.17, 15) is 5.11 Å². The van der Waals surface area contributed by atoms with Crippen LogP contribution >= 0.6 is 0 Å². The molecule has 3 saturated heterocycles. The van der Waals surface area contributed by atoms with E-state index < -0.39 is 34.6 Å². The molecular formula is C39H48O5Si2. The summed E-state index contributed by atoms with van der Waals surface area (Å²) in [6.07, 6.45) is -1.53. The summed E-state index contributed by atoms with van der Waals surface area (Å²) in [5.74, 6) is -1.45. The lowest BCUT2D eigenvalue weighted by molar-refractivity contribution is -0.384. The average Bonchev–Trinajstić information content (AvgIpc) is 3.06. The van der Waals surface area contributed by atoms with Gasteiger partial charge in [-0.3, -0.25) is 0 Å². The smallest absolute Gasteiger partial charge is 0.261 e. The Morgan fingerprint density at radius 1 is 0.609 bits per heavy atom. The number of fused-ring (bicyclic) bond motifs is 3. The van der Waals surface area contributed by atoms with Gasteiger partial charge in [0, 0.05) is 5.92 Å². The number of hydrogen-bond donors (Lipinski definition) is 1. The van der Waals surface area contributed by atoms with Gasteiger partial charge in [0.05, 0.1) is 25.9 Å². The van der Waals surface area contributed by atoms with Gasteiger partial charge in [-0.15, -0.1) is 0 Å². The van der Waals surface area contributed by atoms with Crippen molar-refractivity contribution in [1.82, 2.24) is 0 Å².